The minimum atomic E-state index is -4.71. The smallest absolute Gasteiger partial charge is 0.382 e. The summed E-state index contributed by atoms with van der Waals surface area (Å²) in [5.41, 5.74) is 4.89. The van der Waals surface area contributed by atoms with Crippen LogP contribution in [0.1, 0.15) is 53.0 Å². The first-order valence-electron chi connectivity index (χ1n) is 11.5. The van der Waals surface area contributed by atoms with E-state index in [-0.39, 0.29) is 27.2 Å². The number of nitrogens with two attached hydrogens (primary N) is 1. The summed E-state index contributed by atoms with van der Waals surface area (Å²) >= 11 is 12.9. The van der Waals surface area contributed by atoms with Crippen LogP contribution in [0.5, 0.6) is 0 Å². The van der Waals surface area contributed by atoms with E-state index in [1.807, 2.05) is 19.9 Å². The van der Waals surface area contributed by atoms with Crippen LogP contribution >= 0.6 is 35.0 Å². The van der Waals surface area contributed by atoms with Gasteiger partial charge in [0.15, 0.2) is 0 Å². The van der Waals surface area contributed by atoms with Crippen LogP contribution in [0.25, 0.3) is 0 Å². The van der Waals surface area contributed by atoms with E-state index in [1.54, 1.807) is 19.9 Å². The van der Waals surface area contributed by atoms with Gasteiger partial charge >= 0.3 is 6.18 Å². The Morgan fingerprint density at radius 3 is 2.47 bits per heavy atom. The lowest BCUT2D eigenvalue weighted by Gasteiger charge is -2.19. The summed E-state index contributed by atoms with van der Waals surface area (Å²) in [5.74, 6) is -1.48. The van der Waals surface area contributed by atoms with Gasteiger partial charge in [-0.15, -0.1) is 0 Å². The molecule has 2 amide bonds. The van der Waals surface area contributed by atoms with Crippen molar-refractivity contribution in [3.63, 3.8) is 0 Å². The van der Waals surface area contributed by atoms with Crippen molar-refractivity contribution in [2.24, 2.45) is 10.7 Å². The predicted octanol–water partition coefficient (Wildman–Crippen LogP) is 6.92. The van der Waals surface area contributed by atoms with E-state index in [2.05, 4.69) is 20.6 Å². The van der Waals surface area contributed by atoms with Gasteiger partial charge in [-0.05, 0) is 39.7 Å². The maximum atomic E-state index is 13.2. The number of nitrogens with one attached hydrogen (secondary N) is 2. The van der Waals surface area contributed by atoms with Crippen LogP contribution in [0.15, 0.2) is 62.1 Å². The molecule has 1 atom stereocenters. The average Bonchev–Trinajstić information content (AvgIpc) is 2.85. The number of carbonyl (C=O) groups excluding carboxylic acids is 2. The lowest BCUT2D eigenvalue weighted by molar-refractivity contribution is -0.137. The van der Waals surface area contributed by atoms with Crippen LogP contribution < -0.4 is 16.4 Å². The molecule has 0 radical (unpaired) electrons. The lowest BCUT2D eigenvalue weighted by atomic mass is 10.2. The number of pyridine rings is 1. The quantitative estimate of drug-likeness (QED) is 0.147. The highest BCUT2D eigenvalue weighted by Crippen LogP contribution is 2.36. The number of allylic oxidation sites excluding steroid dienone is 3. The van der Waals surface area contributed by atoms with E-state index in [9.17, 15) is 22.8 Å². The van der Waals surface area contributed by atoms with Crippen molar-refractivity contribution in [1.82, 2.24) is 10.3 Å². The molecule has 1 rings (SSSR count). The molecule has 13 heteroatoms. The number of amidine groups is 1. The third kappa shape index (κ3) is 10.2. The second-order valence-corrected chi connectivity index (χ2v) is 9.61. The van der Waals surface area contributed by atoms with Gasteiger partial charge in [0.1, 0.15) is 11.7 Å². The molecule has 4 N–H and O–H groups in total. The summed E-state index contributed by atoms with van der Waals surface area (Å²) in [5, 5.41) is 4.59. The molecule has 1 aromatic rings. The van der Waals surface area contributed by atoms with Crippen molar-refractivity contribution >= 4 is 58.4 Å². The number of hydrogen-bond acceptors (Lipinski definition) is 5. The van der Waals surface area contributed by atoms with Crippen LogP contribution in [0, 0.1) is 0 Å². The zero-order valence-corrected chi connectivity index (χ0v) is 23.9. The van der Waals surface area contributed by atoms with Crippen molar-refractivity contribution in [2.75, 3.05) is 5.32 Å². The second kappa shape index (κ2) is 15.6. The van der Waals surface area contributed by atoms with Gasteiger partial charge < -0.3 is 16.4 Å². The molecule has 0 aliphatic rings. The number of thioether (sulfide) groups is 1. The molecule has 0 unspecified atom stereocenters. The summed E-state index contributed by atoms with van der Waals surface area (Å²) in [7, 11) is 0. The fraction of sp³-hybridized carbons (Fsp3) is 0.360. The minimum absolute atomic E-state index is 0.00587. The first-order valence-corrected chi connectivity index (χ1v) is 13.1. The fourth-order valence-electron chi connectivity index (χ4n) is 2.74. The van der Waals surface area contributed by atoms with Crippen LogP contribution in [-0.2, 0) is 15.8 Å². The van der Waals surface area contributed by atoms with Gasteiger partial charge in [-0.25, -0.2) is 9.98 Å². The van der Waals surface area contributed by atoms with Crippen molar-refractivity contribution in [2.45, 2.75) is 59.7 Å². The van der Waals surface area contributed by atoms with Crippen LogP contribution in [-0.4, -0.2) is 28.7 Å². The van der Waals surface area contributed by atoms with Crippen molar-refractivity contribution in [3.05, 3.63) is 67.7 Å². The van der Waals surface area contributed by atoms with Gasteiger partial charge in [0.25, 0.3) is 5.91 Å². The highest BCUT2D eigenvalue weighted by atomic mass is 35.5. The Bertz CT molecular complexity index is 1180. The predicted molar refractivity (Wildman–Crippen MR) is 150 cm³/mol. The molecule has 0 fully saturated rings. The van der Waals surface area contributed by atoms with Crippen LogP contribution in [0.3, 0.4) is 0 Å². The van der Waals surface area contributed by atoms with Crippen LogP contribution in [0.4, 0.5) is 19.0 Å². The number of amides is 2. The molecule has 38 heavy (non-hydrogen) atoms. The molecule has 208 valence electrons. The first kappa shape index (κ1) is 33.3. The molecule has 1 heterocycles. The molecule has 7 nitrogen and oxygen atoms in total. The number of nitrogens with zero attached hydrogens (tertiary/aromatic N) is 2. The van der Waals surface area contributed by atoms with E-state index < -0.39 is 34.6 Å². The fourth-order valence-corrected chi connectivity index (χ4v) is 4.08. The molecular formula is C25H30Cl2F3N5O2S. The zero-order chi connectivity index (χ0) is 29.0. The number of rotatable bonds is 11. The van der Waals surface area contributed by atoms with Crippen molar-refractivity contribution < 1.29 is 22.8 Å². The number of aliphatic imine (C=N–C) groups is 1. The van der Waals surface area contributed by atoms with Gasteiger partial charge in [0, 0.05) is 22.9 Å². The largest absolute Gasteiger partial charge is 0.418 e. The number of halogens is 5. The van der Waals surface area contributed by atoms with Crippen LogP contribution in [0.2, 0.25) is 5.02 Å². The first-order chi connectivity index (χ1) is 17.8. The molecule has 1 aromatic heterocycles. The zero-order valence-electron chi connectivity index (χ0n) is 21.5. The molecule has 0 aliphatic heterocycles. The molecule has 0 aromatic carbocycles. The van der Waals surface area contributed by atoms with Gasteiger partial charge in [-0.2, -0.15) is 13.2 Å². The summed E-state index contributed by atoms with van der Waals surface area (Å²) in [4.78, 5) is 34.2. The van der Waals surface area contributed by atoms with E-state index in [1.165, 1.54) is 19.2 Å². The number of aromatic nitrogens is 1. The Morgan fingerprint density at radius 2 is 1.92 bits per heavy atom. The van der Waals surface area contributed by atoms with Crippen molar-refractivity contribution in [1.29, 1.82) is 0 Å². The highest BCUT2D eigenvalue weighted by Gasteiger charge is 2.34. The third-order valence-corrected chi connectivity index (χ3v) is 6.92. The summed E-state index contributed by atoms with van der Waals surface area (Å²) in [6.07, 6.45) is 4.06. The van der Waals surface area contributed by atoms with E-state index in [0.717, 1.165) is 24.4 Å². The molecular weight excluding hydrogens is 562 g/mol. The summed E-state index contributed by atoms with van der Waals surface area (Å²) in [6.45, 7) is 8.64. The van der Waals surface area contributed by atoms with Gasteiger partial charge in [0.2, 0.25) is 5.91 Å². The molecule has 0 aliphatic carbocycles. The van der Waals surface area contributed by atoms with E-state index >= 15 is 0 Å². The lowest BCUT2D eigenvalue weighted by Crippen LogP contribution is -2.35. The van der Waals surface area contributed by atoms with Gasteiger partial charge in [-0.3, -0.25) is 9.59 Å². The standard InChI is InChI=1S/C25H30Cl2F3N5O2S/c1-6-9-11-32-22(31)21(27)14(4)23(36)34-15(5)19(10-7-2)38-18(8-3)24(37)35-20-12-16(25(28,29)30)17(26)13-33-20/h8-13,15H,6-7H2,1-5H3,(H2,31,32)(H,34,36)(H,33,35,37)/b11-9+,18-8-,19-10+,21-14-/t15-/m1/s1. The number of alkyl halides is 3. The Morgan fingerprint density at radius 1 is 1.26 bits per heavy atom. The van der Waals surface area contributed by atoms with Gasteiger partial charge in [0.05, 0.1) is 26.6 Å². The molecule has 0 saturated carbocycles. The third-order valence-electron chi connectivity index (χ3n) is 4.75. The summed E-state index contributed by atoms with van der Waals surface area (Å²) < 4.78 is 39.5. The van der Waals surface area contributed by atoms with E-state index in [0.29, 0.717) is 17.4 Å². The highest BCUT2D eigenvalue weighted by molar-refractivity contribution is 8.07. The topological polar surface area (TPSA) is 109 Å². The Kier molecular flexibility index (Phi) is 13.7. The minimum Gasteiger partial charge on any atom is -0.382 e. The Labute approximate surface area is 234 Å². The maximum Gasteiger partial charge on any atom is 0.418 e. The normalized spacial score (nSPS) is 14.8. The summed E-state index contributed by atoms with van der Waals surface area (Å²) in [6, 6.07) is 0.119. The maximum absolute atomic E-state index is 13.2. The van der Waals surface area contributed by atoms with Gasteiger partial charge in [-0.1, -0.05) is 67.0 Å². The number of hydrogen-bond donors (Lipinski definition) is 3. The average molecular weight is 593 g/mol. The monoisotopic (exact) mass is 591 g/mol. The molecule has 0 spiro atoms. The number of carbonyl (C=O) groups is 2. The van der Waals surface area contributed by atoms with Crippen molar-refractivity contribution in [3.8, 4) is 0 Å². The Hall–Kier alpha value is -2.76. The SMILES string of the molecule is C/C=C(\S/C(=C/CC)[C@@H](C)NC(=O)/C(C)=C(Cl)/C(N)=N/C=C/CC)C(=O)Nc1cc(C(F)(F)F)c(Cl)cn1. The van der Waals surface area contributed by atoms with E-state index in [4.69, 9.17) is 28.9 Å². The Balaban J connectivity index is 3.05. The molecule has 0 saturated heterocycles. The second-order valence-electron chi connectivity index (χ2n) is 7.71. The molecule has 0 bridgehead atoms. The number of anilines is 1.